The van der Waals surface area contributed by atoms with E-state index in [4.69, 9.17) is 28.8 Å². The fourth-order valence-corrected chi connectivity index (χ4v) is 2.23. The second-order valence-corrected chi connectivity index (χ2v) is 5.78. The number of aliphatic imine (C=N–C) groups is 2. The lowest BCUT2D eigenvalue weighted by atomic mass is 10.1. The summed E-state index contributed by atoms with van der Waals surface area (Å²) in [6.45, 7) is 1.42. The van der Waals surface area contributed by atoms with Crippen molar-refractivity contribution < 1.29 is 4.79 Å². The van der Waals surface area contributed by atoms with Crippen LogP contribution < -0.4 is 22.5 Å². The Hall–Kier alpha value is -3.32. The number of benzene rings is 2. The van der Waals surface area contributed by atoms with Crippen LogP contribution in [0.3, 0.4) is 0 Å². The summed E-state index contributed by atoms with van der Waals surface area (Å²) in [4.78, 5) is 19.2. The van der Waals surface area contributed by atoms with Crippen molar-refractivity contribution in [3.63, 3.8) is 0 Å². The van der Waals surface area contributed by atoms with Crippen molar-refractivity contribution in [1.29, 1.82) is 0 Å². The normalized spacial score (nSPS) is 11.4. The van der Waals surface area contributed by atoms with Gasteiger partial charge in [0.2, 0.25) is 11.9 Å². The van der Waals surface area contributed by atoms with Crippen LogP contribution in [0.1, 0.15) is 18.1 Å². The van der Waals surface area contributed by atoms with Gasteiger partial charge in [0.15, 0.2) is 5.96 Å². The number of guanidine groups is 2. The van der Waals surface area contributed by atoms with Gasteiger partial charge in [-0.1, -0.05) is 42.0 Å². The molecule has 0 spiro atoms. The van der Waals surface area contributed by atoms with Crippen LogP contribution in [0.5, 0.6) is 0 Å². The zero-order chi connectivity index (χ0) is 19.1. The molecule has 134 valence electrons. The van der Waals surface area contributed by atoms with Crippen molar-refractivity contribution in [2.45, 2.75) is 6.92 Å². The Balaban J connectivity index is 2.41. The lowest BCUT2D eigenvalue weighted by molar-refractivity contribution is -0.114. The number of carbonyl (C=O) groups is 1. The zero-order valence-corrected chi connectivity index (χ0v) is 14.9. The zero-order valence-electron chi connectivity index (χ0n) is 14.1. The number of nitrogens with zero attached hydrogens (tertiary/aromatic N) is 2. The number of rotatable bonds is 4. The van der Waals surface area contributed by atoms with Gasteiger partial charge in [-0.25, -0.2) is 4.99 Å². The molecule has 1 amide bonds. The van der Waals surface area contributed by atoms with Crippen molar-refractivity contribution >= 4 is 53.0 Å². The maximum atomic E-state index is 11.3. The molecule has 0 unspecified atom stereocenters. The molecular formula is C18H19ClN6O. The van der Waals surface area contributed by atoms with Gasteiger partial charge in [-0.3, -0.25) is 4.79 Å². The summed E-state index contributed by atoms with van der Waals surface area (Å²) < 4.78 is 0. The molecule has 26 heavy (non-hydrogen) atoms. The third kappa shape index (κ3) is 5.95. The highest BCUT2D eigenvalue weighted by molar-refractivity contribution is 6.30. The summed E-state index contributed by atoms with van der Waals surface area (Å²) in [6.07, 6.45) is 3.77. The molecule has 0 bridgehead atoms. The molecule has 7 N–H and O–H groups in total. The molecule has 0 aliphatic heterocycles. The van der Waals surface area contributed by atoms with E-state index < -0.39 is 0 Å². The van der Waals surface area contributed by atoms with Gasteiger partial charge in [0, 0.05) is 23.2 Å². The minimum Gasteiger partial charge on any atom is -0.370 e. The third-order valence-electron chi connectivity index (χ3n) is 3.15. The molecule has 0 fully saturated rings. The molecule has 2 aromatic rings. The van der Waals surface area contributed by atoms with E-state index >= 15 is 0 Å². The highest BCUT2D eigenvalue weighted by Crippen LogP contribution is 2.26. The Morgan fingerprint density at radius 3 is 2.38 bits per heavy atom. The van der Waals surface area contributed by atoms with Crippen LogP contribution >= 0.6 is 11.6 Å². The molecule has 8 heteroatoms. The van der Waals surface area contributed by atoms with E-state index in [9.17, 15) is 4.79 Å². The molecule has 2 aromatic carbocycles. The van der Waals surface area contributed by atoms with E-state index in [2.05, 4.69) is 15.3 Å². The lowest BCUT2D eigenvalue weighted by Gasteiger charge is -2.07. The fraction of sp³-hybridized carbons (Fsp3) is 0.0556. The number of carbonyl (C=O) groups excluding carboxylic acids is 1. The smallest absolute Gasteiger partial charge is 0.223 e. The lowest BCUT2D eigenvalue weighted by Crippen LogP contribution is -2.26. The first-order chi connectivity index (χ1) is 12.3. The number of hydrogen-bond acceptors (Lipinski definition) is 2. The number of halogens is 1. The molecule has 0 radical (unpaired) electrons. The van der Waals surface area contributed by atoms with E-state index in [1.165, 1.54) is 6.92 Å². The molecule has 2 rings (SSSR count). The van der Waals surface area contributed by atoms with Crippen molar-refractivity contribution in [2.24, 2.45) is 27.2 Å². The molecule has 0 aliphatic rings. The average Bonchev–Trinajstić information content (AvgIpc) is 2.54. The van der Waals surface area contributed by atoms with Gasteiger partial charge in [0.1, 0.15) is 0 Å². The first kappa shape index (κ1) is 19.0. The first-order valence-electron chi connectivity index (χ1n) is 7.62. The maximum absolute atomic E-state index is 11.3. The Bertz CT molecular complexity index is 883. The van der Waals surface area contributed by atoms with Crippen LogP contribution in [-0.4, -0.2) is 17.8 Å². The highest BCUT2D eigenvalue weighted by atomic mass is 35.5. The number of amides is 1. The van der Waals surface area contributed by atoms with E-state index in [1.54, 1.807) is 30.3 Å². The fourth-order valence-electron chi connectivity index (χ4n) is 2.10. The summed E-state index contributed by atoms with van der Waals surface area (Å²) in [5, 5.41) is 3.36. The van der Waals surface area contributed by atoms with Crippen LogP contribution in [0.25, 0.3) is 12.2 Å². The predicted octanol–water partition coefficient (Wildman–Crippen LogP) is 2.69. The third-order valence-corrected chi connectivity index (χ3v) is 3.41. The maximum Gasteiger partial charge on any atom is 0.223 e. The summed E-state index contributed by atoms with van der Waals surface area (Å²) in [5.74, 6) is -0.477. The van der Waals surface area contributed by atoms with Crippen molar-refractivity contribution in [2.75, 3.05) is 5.32 Å². The van der Waals surface area contributed by atoms with Gasteiger partial charge in [-0.05, 0) is 29.8 Å². The van der Waals surface area contributed by atoms with Crippen LogP contribution in [0, 0.1) is 0 Å². The molecular weight excluding hydrogens is 352 g/mol. The SMILES string of the molecule is CC(=O)Nc1ccc(C=Cc2ccc(Cl)cc2)c(N=C(N)N=C(N)N)c1. The van der Waals surface area contributed by atoms with E-state index in [1.807, 2.05) is 24.3 Å². The number of anilines is 1. The van der Waals surface area contributed by atoms with E-state index in [0.717, 1.165) is 11.1 Å². The largest absolute Gasteiger partial charge is 0.370 e. The van der Waals surface area contributed by atoms with Crippen LogP contribution in [-0.2, 0) is 4.79 Å². The second-order valence-electron chi connectivity index (χ2n) is 5.35. The van der Waals surface area contributed by atoms with Gasteiger partial charge in [-0.2, -0.15) is 4.99 Å². The van der Waals surface area contributed by atoms with Crippen LogP contribution in [0.4, 0.5) is 11.4 Å². The standard InChI is InChI=1S/C18H19ClN6O/c1-11(26)23-15-9-6-13(5-2-12-3-7-14(19)8-4-12)16(10-15)24-18(22)25-17(20)21/h2-10H,1H3,(H,23,26)(H6,20,21,22,24,25). The van der Waals surface area contributed by atoms with Crippen molar-refractivity contribution in [3.8, 4) is 0 Å². The first-order valence-corrected chi connectivity index (χ1v) is 8.00. The summed E-state index contributed by atoms with van der Waals surface area (Å²) >= 11 is 5.89. The van der Waals surface area contributed by atoms with Crippen LogP contribution in [0.2, 0.25) is 5.02 Å². The van der Waals surface area contributed by atoms with Gasteiger partial charge >= 0.3 is 0 Å². The van der Waals surface area contributed by atoms with Crippen molar-refractivity contribution in [3.05, 3.63) is 58.6 Å². The molecule has 0 heterocycles. The van der Waals surface area contributed by atoms with Crippen LogP contribution in [0.15, 0.2) is 52.4 Å². The minimum atomic E-state index is -0.193. The quantitative estimate of drug-likeness (QED) is 0.374. The Morgan fingerprint density at radius 2 is 1.77 bits per heavy atom. The molecule has 0 saturated heterocycles. The predicted molar refractivity (Wildman–Crippen MR) is 108 cm³/mol. The highest BCUT2D eigenvalue weighted by Gasteiger charge is 2.04. The second kappa shape index (κ2) is 8.68. The van der Waals surface area contributed by atoms with Gasteiger partial charge in [0.05, 0.1) is 5.69 Å². The monoisotopic (exact) mass is 370 g/mol. The van der Waals surface area contributed by atoms with E-state index in [0.29, 0.717) is 16.4 Å². The number of nitrogens with one attached hydrogen (secondary N) is 1. The van der Waals surface area contributed by atoms with Gasteiger partial charge in [-0.15, -0.1) is 0 Å². The minimum absolute atomic E-state index is 0.0916. The van der Waals surface area contributed by atoms with Gasteiger partial charge < -0.3 is 22.5 Å². The summed E-state index contributed by atoms with van der Waals surface area (Å²) in [5.41, 5.74) is 19.2. The Labute approximate surface area is 156 Å². The topological polar surface area (TPSA) is 132 Å². The Kier molecular flexibility index (Phi) is 6.35. The molecule has 0 atom stereocenters. The molecule has 0 aliphatic carbocycles. The molecule has 7 nitrogen and oxygen atoms in total. The van der Waals surface area contributed by atoms with E-state index in [-0.39, 0.29) is 17.8 Å². The number of nitrogens with two attached hydrogens (primary N) is 3. The van der Waals surface area contributed by atoms with Gasteiger partial charge in [0.25, 0.3) is 0 Å². The molecule has 0 aromatic heterocycles. The Morgan fingerprint density at radius 1 is 1.08 bits per heavy atom. The average molecular weight is 371 g/mol. The molecule has 0 saturated carbocycles. The number of hydrogen-bond donors (Lipinski definition) is 4. The summed E-state index contributed by atoms with van der Waals surface area (Å²) in [6, 6.07) is 12.6. The van der Waals surface area contributed by atoms with Crippen molar-refractivity contribution in [1.82, 2.24) is 0 Å². The summed E-state index contributed by atoms with van der Waals surface area (Å²) in [7, 11) is 0.